The summed E-state index contributed by atoms with van der Waals surface area (Å²) >= 11 is 6.11. The molecular formula is C23H19ClFN3O2. The third-order valence-corrected chi connectivity index (χ3v) is 5.56. The number of pyridine rings is 1. The van der Waals surface area contributed by atoms with Gasteiger partial charge >= 0.3 is 0 Å². The number of primary amides is 1. The maximum absolute atomic E-state index is 14.5. The fourth-order valence-corrected chi connectivity index (χ4v) is 4.28. The molecule has 2 amide bonds. The van der Waals surface area contributed by atoms with E-state index in [1.807, 2.05) is 6.07 Å². The Morgan fingerprint density at radius 1 is 1.13 bits per heavy atom. The molecule has 4 rings (SSSR count). The van der Waals surface area contributed by atoms with Crippen molar-refractivity contribution in [2.45, 2.75) is 24.9 Å². The van der Waals surface area contributed by atoms with Crippen LogP contribution in [0.5, 0.6) is 0 Å². The smallest absolute Gasteiger partial charge is 0.273 e. The molecular weight excluding hydrogens is 405 g/mol. The van der Waals surface area contributed by atoms with Crippen LogP contribution in [0.3, 0.4) is 0 Å². The maximum atomic E-state index is 14.5. The molecule has 2 atom stereocenters. The first-order chi connectivity index (χ1) is 14.5. The van der Waals surface area contributed by atoms with Gasteiger partial charge in [0.1, 0.15) is 17.6 Å². The minimum Gasteiger partial charge on any atom is -0.368 e. The summed E-state index contributed by atoms with van der Waals surface area (Å²) in [5, 5.41) is 0.235. The van der Waals surface area contributed by atoms with E-state index in [-0.39, 0.29) is 10.7 Å². The van der Waals surface area contributed by atoms with Crippen LogP contribution in [-0.4, -0.2) is 21.7 Å². The van der Waals surface area contributed by atoms with Crippen LogP contribution < -0.4 is 5.73 Å². The highest BCUT2D eigenvalue weighted by Crippen LogP contribution is 2.43. The van der Waals surface area contributed by atoms with Crippen LogP contribution in [-0.2, 0) is 11.2 Å². The van der Waals surface area contributed by atoms with Gasteiger partial charge in [0.05, 0.1) is 6.04 Å². The number of hydrogen-bond donors (Lipinski definition) is 1. The van der Waals surface area contributed by atoms with Gasteiger partial charge in [0.2, 0.25) is 5.91 Å². The van der Waals surface area contributed by atoms with E-state index in [9.17, 15) is 14.0 Å². The third-order valence-electron chi connectivity index (χ3n) is 5.34. The summed E-state index contributed by atoms with van der Waals surface area (Å²) in [5.74, 6) is -1.55. The molecule has 1 aliphatic carbocycles. The first-order valence-corrected chi connectivity index (χ1v) is 9.91. The predicted octanol–water partition coefficient (Wildman–Crippen LogP) is 4.23. The zero-order valence-corrected chi connectivity index (χ0v) is 16.7. The Labute approximate surface area is 178 Å². The Morgan fingerprint density at radius 2 is 1.87 bits per heavy atom. The summed E-state index contributed by atoms with van der Waals surface area (Å²) in [7, 11) is 0. The SMILES string of the molecule is NC(=O)[C@@H](c1ccccc1)N(C(=O)c1ccccn1)[C@@H]1CCc2c(F)cc(Cl)cc21. The topological polar surface area (TPSA) is 76.3 Å². The molecule has 1 aromatic heterocycles. The fraction of sp³-hybridized carbons (Fsp3) is 0.174. The molecule has 0 fully saturated rings. The number of nitrogens with zero attached hydrogens (tertiary/aromatic N) is 2. The molecule has 0 radical (unpaired) electrons. The molecule has 0 spiro atoms. The maximum Gasteiger partial charge on any atom is 0.273 e. The number of carbonyl (C=O) groups excluding carboxylic acids is 2. The molecule has 3 aromatic rings. The highest BCUT2D eigenvalue weighted by Gasteiger charge is 2.40. The number of fused-ring (bicyclic) bond motifs is 1. The quantitative estimate of drug-likeness (QED) is 0.667. The standard InChI is InChI=1S/C23H19ClFN3O2/c24-15-12-17-16(18(25)13-15)9-10-20(17)28(23(30)19-8-4-5-11-27-19)21(22(26)29)14-6-2-1-3-7-14/h1-8,11-13,20-21H,9-10H2,(H2,26,29)/t20-,21-/m1/s1. The lowest BCUT2D eigenvalue weighted by molar-refractivity contribution is -0.123. The number of rotatable bonds is 5. The molecule has 30 heavy (non-hydrogen) atoms. The fourth-order valence-electron chi connectivity index (χ4n) is 4.07. The molecule has 0 saturated carbocycles. The second kappa shape index (κ2) is 8.24. The lowest BCUT2D eigenvalue weighted by Crippen LogP contribution is -2.43. The van der Waals surface area contributed by atoms with Gasteiger partial charge in [0, 0.05) is 11.2 Å². The minimum atomic E-state index is -1.04. The van der Waals surface area contributed by atoms with E-state index in [2.05, 4.69) is 4.98 Å². The van der Waals surface area contributed by atoms with Crippen molar-refractivity contribution in [3.05, 3.63) is 100 Å². The lowest BCUT2D eigenvalue weighted by atomic mass is 9.98. The van der Waals surface area contributed by atoms with Gasteiger partial charge in [-0.3, -0.25) is 14.6 Å². The summed E-state index contributed by atoms with van der Waals surface area (Å²) in [6.07, 6.45) is 2.38. The van der Waals surface area contributed by atoms with E-state index in [1.54, 1.807) is 48.5 Å². The van der Waals surface area contributed by atoms with Crippen LogP contribution in [0.1, 0.15) is 45.7 Å². The number of halogens is 2. The number of amides is 2. The average molecular weight is 424 g/mol. The van der Waals surface area contributed by atoms with Crippen LogP contribution >= 0.6 is 11.6 Å². The largest absolute Gasteiger partial charge is 0.368 e. The Balaban J connectivity index is 1.88. The van der Waals surface area contributed by atoms with E-state index in [1.165, 1.54) is 17.2 Å². The number of aromatic nitrogens is 1. The van der Waals surface area contributed by atoms with E-state index in [4.69, 9.17) is 17.3 Å². The van der Waals surface area contributed by atoms with Gasteiger partial charge in [-0.15, -0.1) is 0 Å². The van der Waals surface area contributed by atoms with Crippen LogP contribution in [0.4, 0.5) is 4.39 Å². The van der Waals surface area contributed by atoms with Crippen molar-refractivity contribution >= 4 is 23.4 Å². The van der Waals surface area contributed by atoms with Gasteiger partial charge in [-0.25, -0.2) is 4.39 Å². The predicted molar refractivity (Wildman–Crippen MR) is 111 cm³/mol. The second-order valence-electron chi connectivity index (χ2n) is 7.15. The number of nitrogens with two attached hydrogens (primary N) is 1. The number of hydrogen-bond acceptors (Lipinski definition) is 3. The van der Waals surface area contributed by atoms with Gasteiger partial charge in [0.25, 0.3) is 5.91 Å². The van der Waals surface area contributed by atoms with Crippen LogP contribution in [0, 0.1) is 5.82 Å². The molecule has 0 bridgehead atoms. The van der Waals surface area contributed by atoms with E-state index in [0.717, 1.165) is 0 Å². The molecule has 2 aromatic carbocycles. The summed E-state index contributed by atoms with van der Waals surface area (Å²) in [4.78, 5) is 31.7. The Kier molecular flexibility index (Phi) is 5.50. The normalized spacial score (nSPS) is 16.0. The number of carbonyl (C=O) groups is 2. The average Bonchev–Trinajstić information content (AvgIpc) is 3.16. The van der Waals surface area contributed by atoms with Crippen LogP contribution in [0.15, 0.2) is 66.9 Å². The van der Waals surface area contributed by atoms with Crippen molar-refractivity contribution in [1.29, 1.82) is 0 Å². The summed E-state index contributed by atoms with van der Waals surface area (Å²) in [6.45, 7) is 0. The van der Waals surface area contributed by atoms with Gasteiger partial charge in [-0.1, -0.05) is 48.0 Å². The van der Waals surface area contributed by atoms with Crippen molar-refractivity contribution in [2.75, 3.05) is 0 Å². The summed E-state index contributed by atoms with van der Waals surface area (Å²) in [5.41, 5.74) is 7.62. The molecule has 0 aliphatic heterocycles. The van der Waals surface area contributed by atoms with Crippen molar-refractivity contribution in [3.8, 4) is 0 Å². The minimum absolute atomic E-state index is 0.177. The first kappa shape index (κ1) is 20.0. The zero-order chi connectivity index (χ0) is 21.3. The van der Waals surface area contributed by atoms with Crippen molar-refractivity contribution in [1.82, 2.24) is 9.88 Å². The Morgan fingerprint density at radius 3 is 2.53 bits per heavy atom. The van der Waals surface area contributed by atoms with Crippen LogP contribution in [0.25, 0.3) is 0 Å². The van der Waals surface area contributed by atoms with Crippen molar-refractivity contribution in [3.63, 3.8) is 0 Å². The van der Waals surface area contributed by atoms with Gasteiger partial charge < -0.3 is 10.6 Å². The molecule has 7 heteroatoms. The highest BCUT2D eigenvalue weighted by atomic mass is 35.5. The molecule has 1 heterocycles. The third kappa shape index (κ3) is 3.66. The molecule has 2 N–H and O–H groups in total. The molecule has 1 aliphatic rings. The zero-order valence-electron chi connectivity index (χ0n) is 16.0. The van der Waals surface area contributed by atoms with Crippen molar-refractivity contribution < 1.29 is 14.0 Å². The van der Waals surface area contributed by atoms with Gasteiger partial charge in [-0.2, -0.15) is 0 Å². The number of benzene rings is 2. The Bertz CT molecular complexity index is 1090. The van der Waals surface area contributed by atoms with Crippen molar-refractivity contribution in [2.24, 2.45) is 5.73 Å². The van der Waals surface area contributed by atoms with Crippen LogP contribution in [0.2, 0.25) is 5.02 Å². The molecule has 5 nitrogen and oxygen atoms in total. The van der Waals surface area contributed by atoms with Gasteiger partial charge in [0.15, 0.2) is 0 Å². The van der Waals surface area contributed by atoms with Gasteiger partial charge in [-0.05, 0) is 53.8 Å². The van der Waals surface area contributed by atoms with E-state index >= 15 is 0 Å². The second-order valence-corrected chi connectivity index (χ2v) is 7.59. The molecule has 0 saturated heterocycles. The molecule has 0 unspecified atom stereocenters. The highest BCUT2D eigenvalue weighted by molar-refractivity contribution is 6.30. The molecule has 152 valence electrons. The summed E-state index contributed by atoms with van der Waals surface area (Å²) < 4.78 is 14.5. The van der Waals surface area contributed by atoms with E-state index in [0.29, 0.717) is 29.5 Å². The monoisotopic (exact) mass is 423 g/mol. The first-order valence-electron chi connectivity index (χ1n) is 9.53. The summed E-state index contributed by atoms with van der Waals surface area (Å²) in [6, 6.07) is 15.1. The van der Waals surface area contributed by atoms with E-state index < -0.39 is 29.7 Å². The lowest BCUT2D eigenvalue weighted by Gasteiger charge is -2.35. The Hall–Kier alpha value is -3.25.